The summed E-state index contributed by atoms with van der Waals surface area (Å²) in [6.45, 7) is 4.92. The van der Waals surface area contributed by atoms with Gasteiger partial charge >= 0.3 is 0 Å². The SMILES string of the molecule is Cc1cc(N2CCC(C3CCCN3)CC2)ncc1[N+](=O)[O-]. The first-order valence-corrected chi connectivity index (χ1v) is 7.74. The van der Waals surface area contributed by atoms with E-state index in [1.165, 1.54) is 31.9 Å². The van der Waals surface area contributed by atoms with Gasteiger partial charge in [0.05, 0.1) is 4.92 Å². The Balaban J connectivity index is 1.64. The zero-order valence-electron chi connectivity index (χ0n) is 12.4. The molecule has 1 unspecified atom stereocenters. The fourth-order valence-corrected chi connectivity index (χ4v) is 3.54. The number of nitrogens with one attached hydrogen (secondary N) is 1. The van der Waals surface area contributed by atoms with Crippen molar-refractivity contribution in [3.63, 3.8) is 0 Å². The molecule has 0 bridgehead atoms. The first-order chi connectivity index (χ1) is 10.1. The average molecular weight is 290 g/mol. The molecule has 21 heavy (non-hydrogen) atoms. The van der Waals surface area contributed by atoms with E-state index >= 15 is 0 Å². The Labute approximate surface area is 124 Å². The smallest absolute Gasteiger partial charge is 0.290 e. The number of piperidine rings is 1. The molecule has 1 atom stereocenters. The monoisotopic (exact) mass is 290 g/mol. The van der Waals surface area contributed by atoms with Crippen LogP contribution in [0.15, 0.2) is 12.3 Å². The second-order valence-corrected chi connectivity index (χ2v) is 6.11. The maximum absolute atomic E-state index is 10.8. The lowest BCUT2D eigenvalue weighted by Crippen LogP contribution is -2.41. The van der Waals surface area contributed by atoms with Crippen LogP contribution in [0, 0.1) is 23.0 Å². The second-order valence-electron chi connectivity index (χ2n) is 6.11. The van der Waals surface area contributed by atoms with Gasteiger partial charge in [-0.1, -0.05) is 0 Å². The van der Waals surface area contributed by atoms with E-state index < -0.39 is 0 Å². The molecule has 6 heteroatoms. The van der Waals surface area contributed by atoms with Crippen LogP contribution in [0.2, 0.25) is 0 Å². The molecule has 0 saturated carbocycles. The molecule has 0 aromatic carbocycles. The van der Waals surface area contributed by atoms with Crippen LogP contribution in [0.3, 0.4) is 0 Å². The van der Waals surface area contributed by atoms with Crippen molar-refractivity contribution < 1.29 is 4.92 Å². The molecule has 0 radical (unpaired) electrons. The summed E-state index contributed by atoms with van der Waals surface area (Å²) in [6.07, 6.45) is 6.34. The Hall–Kier alpha value is -1.69. The molecule has 2 aliphatic heterocycles. The van der Waals surface area contributed by atoms with Crippen molar-refractivity contribution in [1.82, 2.24) is 10.3 Å². The van der Waals surface area contributed by atoms with Crippen LogP contribution in [-0.2, 0) is 0 Å². The molecule has 2 saturated heterocycles. The normalized spacial score (nSPS) is 23.5. The van der Waals surface area contributed by atoms with E-state index in [0.717, 1.165) is 31.4 Å². The van der Waals surface area contributed by atoms with Crippen molar-refractivity contribution in [2.75, 3.05) is 24.5 Å². The largest absolute Gasteiger partial charge is 0.357 e. The number of hydrogen-bond acceptors (Lipinski definition) is 5. The first-order valence-electron chi connectivity index (χ1n) is 7.74. The van der Waals surface area contributed by atoms with Gasteiger partial charge in [-0.25, -0.2) is 4.98 Å². The lowest BCUT2D eigenvalue weighted by molar-refractivity contribution is -0.385. The molecule has 1 aromatic rings. The Bertz CT molecular complexity index is 520. The van der Waals surface area contributed by atoms with Crippen LogP contribution in [-0.4, -0.2) is 35.6 Å². The zero-order valence-corrected chi connectivity index (χ0v) is 12.4. The third-order valence-electron chi connectivity index (χ3n) is 4.80. The molecule has 2 fully saturated rings. The van der Waals surface area contributed by atoms with Gasteiger partial charge in [-0.2, -0.15) is 0 Å². The average Bonchev–Trinajstić information content (AvgIpc) is 3.01. The molecule has 3 rings (SSSR count). The molecule has 2 aliphatic rings. The van der Waals surface area contributed by atoms with E-state index in [4.69, 9.17) is 0 Å². The van der Waals surface area contributed by atoms with E-state index in [0.29, 0.717) is 11.6 Å². The summed E-state index contributed by atoms with van der Waals surface area (Å²) in [4.78, 5) is 17.0. The van der Waals surface area contributed by atoms with Gasteiger partial charge in [0.2, 0.25) is 0 Å². The van der Waals surface area contributed by atoms with E-state index in [-0.39, 0.29) is 10.6 Å². The minimum Gasteiger partial charge on any atom is -0.357 e. The third-order valence-corrected chi connectivity index (χ3v) is 4.80. The van der Waals surface area contributed by atoms with Crippen molar-refractivity contribution in [3.05, 3.63) is 27.9 Å². The van der Waals surface area contributed by atoms with Crippen LogP contribution in [0.5, 0.6) is 0 Å². The quantitative estimate of drug-likeness (QED) is 0.683. The lowest BCUT2D eigenvalue weighted by atomic mass is 9.88. The first kappa shape index (κ1) is 14.3. The highest BCUT2D eigenvalue weighted by Gasteiger charge is 2.29. The van der Waals surface area contributed by atoms with Gasteiger partial charge in [0.1, 0.15) is 12.0 Å². The van der Waals surface area contributed by atoms with E-state index in [1.807, 2.05) is 6.07 Å². The molecule has 114 valence electrons. The fraction of sp³-hybridized carbons (Fsp3) is 0.667. The lowest BCUT2D eigenvalue weighted by Gasteiger charge is -2.35. The maximum atomic E-state index is 10.8. The number of aryl methyl sites for hydroxylation is 1. The van der Waals surface area contributed by atoms with Crippen molar-refractivity contribution in [3.8, 4) is 0 Å². The van der Waals surface area contributed by atoms with Gasteiger partial charge < -0.3 is 10.2 Å². The second kappa shape index (κ2) is 5.97. The van der Waals surface area contributed by atoms with Gasteiger partial charge in [0.15, 0.2) is 0 Å². The Morgan fingerprint density at radius 2 is 2.14 bits per heavy atom. The van der Waals surface area contributed by atoms with Crippen LogP contribution < -0.4 is 10.2 Å². The fourth-order valence-electron chi connectivity index (χ4n) is 3.54. The molecule has 0 spiro atoms. The van der Waals surface area contributed by atoms with Gasteiger partial charge in [-0.3, -0.25) is 10.1 Å². The van der Waals surface area contributed by atoms with E-state index in [9.17, 15) is 10.1 Å². The molecule has 6 nitrogen and oxygen atoms in total. The topological polar surface area (TPSA) is 71.3 Å². The van der Waals surface area contributed by atoms with Crippen molar-refractivity contribution in [2.45, 2.75) is 38.6 Å². The van der Waals surface area contributed by atoms with E-state index in [1.54, 1.807) is 6.92 Å². The van der Waals surface area contributed by atoms with Gasteiger partial charge in [-0.05, 0) is 51.1 Å². The predicted molar refractivity (Wildman–Crippen MR) is 81.6 cm³/mol. The minimum absolute atomic E-state index is 0.101. The summed E-state index contributed by atoms with van der Waals surface area (Å²) >= 11 is 0. The summed E-state index contributed by atoms with van der Waals surface area (Å²) < 4.78 is 0. The summed E-state index contributed by atoms with van der Waals surface area (Å²) in [5, 5.41) is 14.4. The standard InChI is InChI=1S/C15H22N4O2/c1-11-9-15(17-10-14(11)19(20)21)18-7-4-12(5-8-18)13-3-2-6-16-13/h9-10,12-13,16H,2-8H2,1H3. The van der Waals surface area contributed by atoms with Gasteiger partial charge in [0.25, 0.3) is 5.69 Å². The maximum Gasteiger partial charge on any atom is 0.290 e. The number of nitro groups is 1. The molecular formula is C15H22N4O2. The van der Waals surface area contributed by atoms with Crippen LogP contribution in [0.25, 0.3) is 0 Å². The third kappa shape index (κ3) is 3.00. The van der Waals surface area contributed by atoms with Crippen LogP contribution in [0.1, 0.15) is 31.2 Å². The highest BCUT2D eigenvalue weighted by Crippen LogP contribution is 2.29. The Morgan fingerprint density at radius 3 is 2.71 bits per heavy atom. The summed E-state index contributed by atoms with van der Waals surface area (Å²) in [7, 11) is 0. The Morgan fingerprint density at radius 1 is 1.38 bits per heavy atom. The van der Waals surface area contributed by atoms with Crippen molar-refractivity contribution >= 4 is 11.5 Å². The van der Waals surface area contributed by atoms with E-state index in [2.05, 4.69) is 15.2 Å². The molecule has 1 N–H and O–H groups in total. The number of nitrogens with zero attached hydrogens (tertiary/aromatic N) is 3. The van der Waals surface area contributed by atoms with Gasteiger partial charge in [-0.15, -0.1) is 0 Å². The number of pyridine rings is 1. The summed E-state index contributed by atoms with van der Waals surface area (Å²) in [5.41, 5.74) is 0.786. The Kier molecular flexibility index (Phi) is 4.05. The summed E-state index contributed by atoms with van der Waals surface area (Å²) in [6, 6.07) is 2.53. The van der Waals surface area contributed by atoms with Crippen molar-refractivity contribution in [1.29, 1.82) is 0 Å². The minimum atomic E-state index is -0.371. The zero-order chi connectivity index (χ0) is 14.8. The van der Waals surface area contributed by atoms with Gasteiger partial charge in [0, 0.05) is 24.7 Å². The molecule has 0 aliphatic carbocycles. The predicted octanol–water partition coefficient (Wildman–Crippen LogP) is 2.27. The van der Waals surface area contributed by atoms with Crippen LogP contribution >= 0.6 is 0 Å². The number of anilines is 1. The molecule has 0 amide bonds. The molecular weight excluding hydrogens is 268 g/mol. The highest BCUT2D eigenvalue weighted by atomic mass is 16.6. The number of aromatic nitrogens is 1. The van der Waals surface area contributed by atoms with Crippen molar-refractivity contribution in [2.24, 2.45) is 5.92 Å². The number of rotatable bonds is 3. The highest BCUT2D eigenvalue weighted by molar-refractivity contribution is 5.48. The van der Waals surface area contributed by atoms with Crippen LogP contribution in [0.4, 0.5) is 11.5 Å². The summed E-state index contributed by atoms with van der Waals surface area (Å²) in [5.74, 6) is 1.64. The number of hydrogen-bond donors (Lipinski definition) is 1. The molecule has 1 aromatic heterocycles. The molecule has 3 heterocycles.